The van der Waals surface area contributed by atoms with Crippen LogP contribution in [0.15, 0.2) is 54.6 Å². The van der Waals surface area contributed by atoms with E-state index >= 15 is 0 Å². The van der Waals surface area contributed by atoms with Crippen LogP contribution in [-0.2, 0) is 4.79 Å². The lowest BCUT2D eigenvalue weighted by Gasteiger charge is -2.08. The number of hydrogen-bond acceptors (Lipinski definition) is 1. The summed E-state index contributed by atoms with van der Waals surface area (Å²) in [4.78, 5) is 12.3. The summed E-state index contributed by atoms with van der Waals surface area (Å²) in [6.45, 7) is 2.27. The lowest BCUT2D eigenvalue weighted by molar-refractivity contribution is -0.116. The van der Waals surface area contributed by atoms with Crippen LogP contribution in [-0.4, -0.2) is 5.91 Å². The molecule has 0 fully saturated rings. The van der Waals surface area contributed by atoms with Crippen molar-refractivity contribution in [2.45, 2.75) is 96.8 Å². The molecule has 0 atom stereocenters. The molecule has 0 saturated carbocycles. The zero-order valence-corrected chi connectivity index (χ0v) is 19.0. The SMILES string of the molecule is CCCCCCCCC=CCCCCCCCC(=O)Nc1cccc2ccccc12. The predicted octanol–water partition coefficient (Wildman–Crippen LogP) is 8.82. The van der Waals surface area contributed by atoms with E-state index in [0.717, 1.165) is 29.3 Å². The first-order valence-corrected chi connectivity index (χ1v) is 12.2. The number of benzene rings is 2. The van der Waals surface area contributed by atoms with Gasteiger partial charge in [-0.1, -0.05) is 107 Å². The van der Waals surface area contributed by atoms with E-state index in [1.54, 1.807) is 0 Å². The molecule has 2 aromatic rings. The third kappa shape index (κ3) is 10.1. The van der Waals surface area contributed by atoms with E-state index in [-0.39, 0.29) is 5.91 Å². The molecule has 30 heavy (non-hydrogen) atoms. The average Bonchev–Trinajstić information content (AvgIpc) is 2.76. The zero-order chi connectivity index (χ0) is 21.3. The second kappa shape index (κ2) is 15.7. The first-order valence-electron chi connectivity index (χ1n) is 12.2. The molecule has 0 heterocycles. The Morgan fingerprint density at radius 3 is 2.07 bits per heavy atom. The molecule has 2 rings (SSSR count). The summed E-state index contributed by atoms with van der Waals surface area (Å²) in [5, 5.41) is 5.36. The molecule has 0 aliphatic carbocycles. The molecule has 0 bridgehead atoms. The molecule has 0 aliphatic rings. The summed E-state index contributed by atoms with van der Waals surface area (Å²) in [5.74, 6) is 0.129. The van der Waals surface area contributed by atoms with Gasteiger partial charge in [0.2, 0.25) is 5.91 Å². The molecule has 1 amide bonds. The summed E-state index contributed by atoms with van der Waals surface area (Å²) < 4.78 is 0. The minimum Gasteiger partial charge on any atom is -0.326 e. The molecule has 2 nitrogen and oxygen atoms in total. The molecular weight excluding hydrogens is 366 g/mol. The monoisotopic (exact) mass is 407 g/mol. The number of carbonyl (C=O) groups excluding carboxylic acids is 1. The molecule has 1 N–H and O–H groups in total. The number of anilines is 1. The molecule has 0 saturated heterocycles. The quantitative estimate of drug-likeness (QED) is 0.218. The van der Waals surface area contributed by atoms with Crippen LogP contribution in [0.5, 0.6) is 0 Å². The molecule has 2 aromatic carbocycles. The van der Waals surface area contributed by atoms with Gasteiger partial charge in [0.1, 0.15) is 0 Å². The highest BCUT2D eigenvalue weighted by Crippen LogP contribution is 2.23. The van der Waals surface area contributed by atoms with Crippen molar-refractivity contribution in [3.8, 4) is 0 Å². The number of nitrogens with one attached hydrogen (secondary N) is 1. The normalized spacial score (nSPS) is 11.4. The maximum Gasteiger partial charge on any atom is 0.224 e. The largest absolute Gasteiger partial charge is 0.326 e. The fourth-order valence-electron chi connectivity index (χ4n) is 3.90. The van der Waals surface area contributed by atoms with Crippen LogP contribution in [0, 0.1) is 0 Å². The Morgan fingerprint density at radius 1 is 0.733 bits per heavy atom. The zero-order valence-electron chi connectivity index (χ0n) is 19.0. The van der Waals surface area contributed by atoms with E-state index in [4.69, 9.17) is 0 Å². The summed E-state index contributed by atoms with van der Waals surface area (Å²) in [5.41, 5.74) is 0.922. The van der Waals surface area contributed by atoms with E-state index in [1.807, 2.05) is 24.3 Å². The smallest absolute Gasteiger partial charge is 0.224 e. The molecule has 0 radical (unpaired) electrons. The minimum absolute atomic E-state index is 0.129. The van der Waals surface area contributed by atoms with Crippen molar-refractivity contribution < 1.29 is 4.79 Å². The Labute approximate surface area is 184 Å². The number of amides is 1. The summed E-state index contributed by atoms with van der Waals surface area (Å²) in [7, 11) is 0. The van der Waals surface area contributed by atoms with Crippen LogP contribution in [0.4, 0.5) is 5.69 Å². The third-order valence-corrected chi connectivity index (χ3v) is 5.73. The van der Waals surface area contributed by atoms with Crippen LogP contribution in [0.25, 0.3) is 10.8 Å². The fourth-order valence-corrected chi connectivity index (χ4v) is 3.90. The summed E-state index contributed by atoms with van der Waals surface area (Å²) >= 11 is 0. The van der Waals surface area contributed by atoms with Gasteiger partial charge in [-0.2, -0.15) is 0 Å². The molecule has 164 valence electrons. The molecule has 0 unspecified atom stereocenters. The first-order chi connectivity index (χ1) is 14.8. The second-order valence-electron chi connectivity index (χ2n) is 8.41. The number of rotatable bonds is 16. The third-order valence-electron chi connectivity index (χ3n) is 5.73. The fraction of sp³-hybridized carbons (Fsp3) is 0.536. The Morgan fingerprint density at radius 2 is 1.33 bits per heavy atom. The van der Waals surface area contributed by atoms with Crippen LogP contribution >= 0.6 is 0 Å². The highest BCUT2D eigenvalue weighted by Gasteiger charge is 2.05. The van der Waals surface area contributed by atoms with Gasteiger partial charge in [0, 0.05) is 17.5 Å². The van der Waals surface area contributed by atoms with Gasteiger partial charge in [-0.15, -0.1) is 0 Å². The maximum absolute atomic E-state index is 12.3. The molecular formula is C28H41NO. The van der Waals surface area contributed by atoms with Gasteiger partial charge < -0.3 is 5.32 Å². The number of hydrogen-bond donors (Lipinski definition) is 1. The van der Waals surface area contributed by atoms with Gasteiger partial charge in [-0.25, -0.2) is 0 Å². The standard InChI is InChI=1S/C28H41NO/c1-2-3-4-5-6-7-8-9-10-11-12-13-14-15-16-24-28(30)29-27-23-19-21-25-20-17-18-22-26(25)27/h9-10,17-23H,2-8,11-16,24H2,1H3,(H,29,30). The molecule has 0 aliphatic heterocycles. The van der Waals surface area contributed by atoms with Crippen LogP contribution in [0.2, 0.25) is 0 Å². The summed E-state index contributed by atoms with van der Waals surface area (Å²) in [6.07, 6.45) is 22.0. The van der Waals surface area contributed by atoms with Crippen molar-refractivity contribution in [3.63, 3.8) is 0 Å². The summed E-state index contributed by atoms with van der Waals surface area (Å²) in [6, 6.07) is 14.2. The first kappa shape index (κ1) is 24.2. The van der Waals surface area contributed by atoms with Crippen molar-refractivity contribution in [2.24, 2.45) is 0 Å². The number of fused-ring (bicyclic) bond motifs is 1. The lowest BCUT2D eigenvalue weighted by atomic mass is 10.1. The van der Waals surface area contributed by atoms with Gasteiger partial charge in [0.15, 0.2) is 0 Å². The Kier molecular flexibility index (Phi) is 12.7. The topological polar surface area (TPSA) is 29.1 Å². The average molecular weight is 408 g/mol. The Bertz CT molecular complexity index is 744. The van der Waals surface area contributed by atoms with Crippen LogP contribution < -0.4 is 5.32 Å². The van der Waals surface area contributed by atoms with Crippen molar-refractivity contribution in [1.29, 1.82) is 0 Å². The highest BCUT2D eigenvalue weighted by atomic mass is 16.1. The van der Waals surface area contributed by atoms with Crippen molar-refractivity contribution >= 4 is 22.4 Å². The Balaban J connectivity index is 1.45. The molecule has 0 aromatic heterocycles. The van der Waals surface area contributed by atoms with Gasteiger partial charge >= 0.3 is 0 Å². The van der Waals surface area contributed by atoms with E-state index in [9.17, 15) is 4.79 Å². The Hall–Kier alpha value is -2.09. The van der Waals surface area contributed by atoms with Crippen LogP contribution in [0.1, 0.15) is 96.8 Å². The van der Waals surface area contributed by atoms with E-state index in [0.29, 0.717) is 6.42 Å². The van der Waals surface area contributed by atoms with Gasteiger partial charge in [-0.05, 0) is 43.6 Å². The van der Waals surface area contributed by atoms with Crippen molar-refractivity contribution in [2.75, 3.05) is 5.32 Å². The van der Waals surface area contributed by atoms with Crippen LogP contribution in [0.3, 0.4) is 0 Å². The van der Waals surface area contributed by atoms with Crippen molar-refractivity contribution in [3.05, 3.63) is 54.6 Å². The number of unbranched alkanes of at least 4 members (excludes halogenated alkanes) is 11. The van der Waals surface area contributed by atoms with Gasteiger partial charge in [-0.3, -0.25) is 4.79 Å². The van der Waals surface area contributed by atoms with E-state index in [2.05, 4.69) is 42.6 Å². The highest BCUT2D eigenvalue weighted by molar-refractivity contribution is 6.02. The number of allylic oxidation sites excluding steroid dienone is 2. The van der Waals surface area contributed by atoms with Gasteiger partial charge in [0.25, 0.3) is 0 Å². The predicted molar refractivity (Wildman–Crippen MR) is 132 cm³/mol. The number of carbonyl (C=O) groups is 1. The van der Waals surface area contributed by atoms with Crippen molar-refractivity contribution in [1.82, 2.24) is 0 Å². The maximum atomic E-state index is 12.3. The lowest BCUT2D eigenvalue weighted by Crippen LogP contribution is -2.11. The minimum atomic E-state index is 0.129. The molecule has 0 spiro atoms. The van der Waals surface area contributed by atoms with Gasteiger partial charge in [0.05, 0.1) is 0 Å². The van der Waals surface area contributed by atoms with E-state index < -0.39 is 0 Å². The second-order valence-corrected chi connectivity index (χ2v) is 8.41. The van der Waals surface area contributed by atoms with E-state index in [1.165, 1.54) is 70.6 Å². The molecule has 2 heteroatoms.